The van der Waals surface area contributed by atoms with E-state index in [1.807, 2.05) is 0 Å². The third-order valence-electron chi connectivity index (χ3n) is 4.10. The van der Waals surface area contributed by atoms with Crippen LogP contribution in [0.1, 0.15) is 30.4 Å². The van der Waals surface area contributed by atoms with E-state index in [-0.39, 0.29) is 18.3 Å². The fourth-order valence-corrected chi connectivity index (χ4v) is 3.06. The van der Waals surface area contributed by atoms with Crippen LogP contribution in [-0.4, -0.2) is 31.3 Å². The lowest BCUT2D eigenvalue weighted by atomic mass is 9.77. The second-order valence-electron chi connectivity index (χ2n) is 6.26. The smallest absolute Gasteiger partial charge is 0.137 e. The molecule has 0 amide bonds. The lowest BCUT2D eigenvalue weighted by Gasteiger charge is -2.30. The second-order valence-corrected chi connectivity index (χ2v) is 6.26. The number of nitrogens with zero attached hydrogens (tertiary/aromatic N) is 1. The van der Waals surface area contributed by atoms with Gasteiger partial charge in [-0.25, -0.2) is 0 Å². The predicted molar refractivity (Wildman–Crippen MR) is 86.5 cm³/mol. The quantitative estimate of drug-likeness (QED) is 0.847. The van der Waals surface area contributed by atoms with Gasteiger partial charge in [-0.2, -0.15) is 0 Å². The van der Waals surface area contributed by atoms with Gasteiger partial charge in [-0.15, -0.1) is 12.4 Å². The number of benzene rings is 1. The van der Waals surface area contributed by atoms with E-state index < -0.39 is 0 Å². The van der Waals surface area contributed by atoms with Gasteiger partial charge >= 0.3 is 0 Å². The molecule has 1 fully saturated rings. The highest BCUT2D eigenvalue weighted by Gasteiger charge is 2.28. The minimum absolute atomic E-state index is 0. The van der Waals surface area contributed by atoms with Crippen LogP contribution in [0.2, 0.25) is 0 Å². The molecular formula is C17H26ClNO. The molecule has 0 heterocycles. The number of rotatable bonds is 4. The molecule has 20 heavy (non-hydrogen) atoms. The third-order valence-corrected chi connectivity index (χ3v) is 4.10. The van der Waals surface area contributed by atoms with Crippen LogP contribution in [0.25, 0.3) is 0 Å². The van der Waals surface area contributed by atoms with Gasteiger partial charge in [0.25, 0.3) is 0 Å². The molecule has 1 saturated carbocycles. The Bertz CT molecular complexity index is 427. The van der Waals surface area contributed by atoms with Crippen LogP contribution < -0.4 is 0 Å². The summed E-state index contributed by atoms with van der Waals surface area (Å²) in [5.41, 5.74) is 2.72. The van der Waals surface area contributed by atoms with E-state index in [9.17, 15) is 4.79 Å². The molecule has 3 heteroatoms. The zero-order chi connectivity index (χ0) is 13.8. The average Bonchev–Trinajstić information content (AvgIpc) is 2.36. The fourth-order valence-electron chi connectivity index (χ4n) is 3.06. The second kappa shape index (κ2) is 7.80. The Kier molecular flexibility index (Phi) is 6.70. The van der Waals surface area contributed by atoms with E-state index in [1.165, 1.54) is 11.1 Å². The summed E-state index contributed by atoms with van der Waals surface area (Å²) in [4.78, 5) is 14.1. The summed E-state index contributed by atoms with van der Waals surface area (Å²) in [7, 11) is 4.10. The van der Waals surface area contributed by atoms with Crippen LogP contribution in [0.5, 0.6) is 0 Å². The Labute approximate surface area is 129 Å². The van der Waals surface area contributed by atoms with Crippen LogP contribution in [0.3, 0.4) is 0 Å². The molecule has 112 valence electrons. The van der Waals surface area contributed by atoms with E-state index in [1.54, 1.807) is 0 Å². The summed E-state index contributed by atoms with van der Waals surface area (Å²) in [6, 6.07) is 8.82. The Morgan fingerprint density at radius 2 is 1.85 bits per heavy atom. The summed E-state index contributed by atoms with van der Waals surface area (Å²) in [6.07, 6.45) is 4.02. The monoisotopic (exact) mass is 295 g/mol. The summed E-state index contributed by atoms with van der Waals surface area (Å²) >= 11 is 0. The molecule has 0 aliphatic heterocycles. The van der Waals surface area contributed by atoms with Crippen molar-refractivity contribution in [2.24, 2.45) is 11.8 Å². The van der Waals surface area contributed by atoms with Crippen LogP contribution in [0.4, 0.5) is 0 Å². The molecule has 0 bridgehead atoms. The molecule has 0 spiro atoms. The number of ketones is 1. The first kappa shape index (κ1) is 17.2. The van der Waals surface area contributed by atoms with Crippen molar-refractivity contribution in [3.05, 3.63) is 35.4 Å². The largest absolute Gasteiger partial charge is 0.309 e. The number of aryl methyl sites for hydroxylation is 1. The molecule has 2 atom stereocenters. The highest BCUT2D eigenvalue weighted by molar-refractivity contribution is 5.85. The van der Waals surface area contributed by atoms with Crippen LogP contribution in [0.15, 0.2) is 24.3 Å². The summed E-state index contributed by atoms with van der Waals surface area (Å²) < 4.78 is 0. The van der Waals surface area contributed by atoms with E-state index in [4.69, 9.17) is 0 Å². The molecule has 1 aliphatic rings. The Balaban J connectivity index is 0.00000200. The maximum absolute atomic E-state index is 11.9. The van der Waals surface area contributed by atoms with Gasteiger partial charge in [-0.1, -0.05) is 29.8 Å². The highest BCUT2D eigenvalue weighted by atomic mass is 35.5. The zero-order valence-electron chi connectivity index (χ0n) is 12.8. The number of halogens is 1. The number of carbonyl (C=O) groups is 1. The molecule has 0 N–H and O–H groups in total. The SMILES string of the molecule is Cc1ccc(CC2CCC(=O)C(CN(C)C)C2)cc1.Cl. The van der Waals surface area contributed by atoms with Crippen molar-refractivity contribution < 1.29 is 4.79 Å². The van der Waals surface area contributed by atoms with E-state index in [0.717, 1.165) is 32.2 Å². The molecule has 2 nitrogen and oxygen atoms in total. The summed E-state index contributed by atoms with van der Waals surface area (Å²) in [5, 5.41) is 0. The minimum Gasteiger partial charge on any atom is -0.309 e. The molecule has 2 rings (SSSR count). The summed E-state index contributed by atoms with van der Waals surface area (Å²) in [5.74, 6) is 1.39. The first-order chi connectivity index (χ1) is 9.04. The maximum atomic E-state index is 11.9. The van der Waals surface area contributed by atoms with Gasteiger partial charge in [-0.3, -0.25) is 4.79 Å². The lowest BCUT2D eigenvalue weighted by molar-refractivity contribution is -0.126. The Morgan fingerprint density at radius 1 is 1.20 bits per heavy atom. The van der Waals surface area contributed by atoms with E-state index in [0.29, 0.717) is 11.7 Å². The van der Waals surface area contributed by atoms with Gasteiger partial charge < -0.3 is 4.90 Å². The zero-order valence-corrected chi connectivity index (χ0v) is 13.6. The van der Waals surface area contributed by atoms with Gasteiger partial charge in [0.1, 0.15) is 5.78 Å². The van der Waals surface area contributed by atoms with Gasteiger partial charge in [0.05, 0.1) is 0 Å². The van der Waals surface area contributed by atoms with Gasteiger partial charge in [0, 0.05) is 18.9 Å². The molecule has 0 radical (unpaired) electrons. The minimum atomic E-state index is 0. The lowest BCUT2D eigenvalue weighted by Crippen LogP contribution is -2.33. The number of carbonyl (C=O) groups excluding carboxylic acids is 1. The number of Topliss-reactive ketones (excluding diaryl/α,β-unsaturated/α-hetero) is 1. The van der Waals surface area contributed by atoms with Gasteiger partial charge in [0.15, 0.2) is 0 Å². The van der Waals surface area contributed by atoms with Crippen LogP contribution >= 0.6 is 12.4 Å². The topological polar surface area (TPSA) is 20.3 Å². The average molecular weight is 296 g/mol. The van der Waals surface area contributed by atoms with E-state index in [2.05, 4.69) is 50.2 Å². The predicted octanol–water partition coefficient (Wildman–Crippen LogP) is 3.51. The molecule has 0 aromatic heterocycles. The van der Waals surface area contributed by atoms with Gasteiger partial charge in [-0.05, 0) is 51.8 Å². The van der Waals surface area contributed by atoms with E-state index >= 15 is 0 Å². The number of hydrogen-bond donors (Lipinski definition) is 0. The molecule has 2 unspecified atom stereocenters. The first-order valence-corrected chi connectivity index (χ1v) is 7.27. The molecule has 1 aromatic carbocycles. The van der Waals surface area contributed by atoms with Crippen molar-refractivity contribution >= 4 is 18.2 Å². The molecule has 0 saturated heterocycles. The van der Waals surface area contributed by atoms with Crippen molar-refractivity contribution in [3.8, 4) is 0 Å². The maximum Gasteiger partial charge on any atom is 0.137 e. The standard InChI is InChI=1S/C17H25NO.ClH/c1-13-4-6-14(7-5-13)10-15-8-9-17(19)16(11-15)12-18(2)3;/h4-7,15-16H,8-12H2,1-3H3;1H. The Morgan fingerprint density at radius 3 is 2.45 bits per heavy atom. The van der Waals surface area contributed by atoms with Crippen molar-refractivity contribution in [2.75, 3.05) is 20.6 Å². The molecular weight excluding hydrogens is 270 g/mol. The van der Waals surface area contributed by atoms with Crippen molar-refractivity contribution in [1.82, 2.24) is 4.90 Å². The highest BCUT2D eigenvalue weighted by Crippen LogP contribution is 2.29. The third kappa shape index (κ3) is 4.92. The van der Waals surface area contributed by atoms with Crippen molar-refractivity contribution in [2.45, 2.75) is 32.6 Å². The molecule has 1 aromatic rings. The van der Waals surface area contributed by atoms with Crippen molar-refractivity contribution in [3.63, 3.8) is 0 Å². The fraction of sp³-hybridized carbons (Fsp3) is 0.588. The van der Waals surface area contributed by atoms with Crippen LogP contribution in [-0.2, 0) is 11.2 Å². The number of hydrogen-bond acceptors (Lipinski definition) is 2. The normalized spacial score (nSPS) is 22.7. The first-order valence-electron chi connectivity index (χ1n) is 7.27. The van der Waals surface area contributed by atoms with Gasteiger partial charge in [0.2, 0.25) is 0 Å². The Hall–Kier alpha value is -0.860. The summed E-state index contributed by atoms with van der Waals surface area (Å²) in [6.45, 7) is 3.03. The van der Waals surface area contributed by atoms with Crippen molar-refractivity contribution in [1.29, 1.82) is 0 Å². The van der Waals surface area contributed by atoms with Crippen LogP contribution in [0, 0.1) is 18.8 Å². The molecule has 1 aliphatic carbocycles.